The number of benzene rings is 1. The summed E-state index contributed by atoms with van der Waals surface area (Å²) in [5.41, 5.74) is 1.75. The van der Waals surface area contributed by atoms with Crippen LogP contribution in [0.2, 0.25) is 0 Å². The zero-order valence-corrected chi connectivity index (χ0v) is 8.04. The lowest BCUT2D eigenvalue weighted by molar-refractivity contribution is 0.0983. The minimum absolute atomic E-state index is 0.174. The maximum Gasteiger partial charge on any atom is 0.162 e. The quantitative estimate of drug-likeness (QED) is 0.662. The van der Waals surface area contributed by atoms with Crippen molar-refractivity contribution in [3.05, 3.63) is 35.4 Å². The van der Waals surface area contributed by atoms with Crippen LogP contribution in [-0.4, -0.2) is 12.9 Å². The van der Waals surface area contributed by atoms with Gasteiger partial charge in [-0.3, -0.25) is 4.79 Å². The molecule has 0 radical (unpaired) electrons. The summed E-state index contributed by atoms with van der Waals surface area (Å²) in [5.74, 6) is 0.174. The Hall–Kier alpha value is -1.15. The number of ether oxygens (including phenoxy) is 1. The smallest absolute Gasteiger partial charge is 0.162 e. The van der Waals surface area contributed by atoms with Gasteiger partial charge in [0.25, 0.3) is 0 Å². The number of hydrogen-bond acceptors (Lipinski definition) is 2. The van der Waals surface area contributed by atoms with E-state index in [1.54, 1.807) is 7.11 Å². The van der Waals surface area contributed by atoms with E-state index in [-0.39, 0.29) is 5.78 Å². The van der Waals surface area contributed by atoms with Crippen molar-refractivity contribution in [2.45, 2.75) is 20.0 Å². The van der Waals surface area contributed by atoms with Crippen LogP contribution in [0.3, 0.4) is 0 Å². The molecule has 0 bridgehead atoms. The van der Waals surface area contributed by atoms with E-state index in [0.29, 0.717) is 13.0 Å². The molecule has 2 heteroatoms. The van der Waals surface area contributed by atoms with E-state index in [9.17, 15) is 4.79 Å². The van der Waals surface area contributed by atoms with Gasteiger partial charge in [0.05, 0.1) is 6.61 Å². The minimum Gasteiger partial charge on any atom is -0.380 e. The number of hydrogen-bond donors (Lipinski definition) is 0. The highest BCUT2D eigenvalue weighted by Gasteiger charge is 2.07. The molecule has 1 rings (SSSR count). The van der Waals surface area contributed by atoms with Gasteiger partial charge in [-0.1, -0.05) is 31.2 Å². The zero-order chi connectivity index (χ0) is 9.68. The van der Waals surface area contributed by atoms with Gasteiger partial charge in [-0.25, -0.2) is 0 Å². The molecule has 0 aromatic heterocycles. The highest BCUT2D eigenvalue weighted by atomic mass is 16.5. The Labute approximate surface area is 78.5 Å². The van der Waals surface area contributed by atoms with Crippen molar-refractivity contribution < 1.29 is 9.53 Å². The summed E-state index contributed by atoms with van der Waals surface area (Å²) in [5, 5.41) is 0. The molecule has 1 aromatic carbocycles. The average molecular weight is 178 g/mol. The van der Waals surface area contributed by atoms with Crippen LogP contribution in [0.25, 0.3) is 0 Å². The predicted octanol–water partition coefficient (Wildman–Crippen LogP) is 2.43. The van der Waals surface area contributed by atoms with Crippen LogP contribution in [-0.2, 0) is 11.3 Å². The fraction of sp³-hybridized carbons (Fsp3) is 0.364. The Balaban J connectivity index is 2.97. The fourth-order valence-electron chi connectivity index (χ4n) is 1.26. The first kappa shape index (κ1) is 9.93. The van der Waals surface area contributed by atoms with E-state index in [4.69, 9.17) is 4.74 Å². The zero-order valence-electron chi connectivity index (χ0n) is 8.04. The number of carbonyl (C=O) groups excluding carboxylic acids is 1. The van der Waals surface area contributed by atoms with Crippen molar-refractivity contribution in [2.75, 3.05) is 7.11 Å². The van der Waals surface area contributed by atoms with E-state index in [2.05, 4.69) is 0 Å². The van der Waals surface area contributed by atoms with Crippen LogP contribution < -0.4 is 0 Å². The highest BCUT2D eigenvalue weighted by molar-refractivity contribution is 5.97. The predicted molar refractivity (Wildman–Crippen MR) is 51.8 cm³/mol. The second kappa shape index (κ2) is 4.77. The van der Waals surface area contributed by atoms with E-state index in [1.807, 2.05) is 31.2 Å². The maximum atomic E-state index is 11.5. The van der Waals surface area contributed by atoms with Gasteiger partial charge >= 0.3 is 0 Å². The van der Waals surface area contributed by atoms with Gasteiger partial charge in [-0.2, -0.15) is 0 Å². The normalized spacial score (nSPS) is 10.0. The molecule has 0 saturated heterocycles. The van der Waals surface area contributed by atoms with Crippen molar-refractivity contribution in [1.82, 2.24) is 0 Å². The molecule has 0 fully saturated rings. The molecule has 0 aliphatic heterocycles. The molecule has 70 valence electrons. The molecule has 0 aliphatic carbocycles. The molecular weight excluding hydrogens is 164 g/mol. The van der Waals surface area contributed by atoms with Gasteiger partial charge in [-0.05, 0) is 5.56 Å². The summed E-state index contributed by atoms with van der Waals surface area (Å²) in [6, 6.07) is 7.56. The van der Waals surface area contributed by atoms with Crippen LogP contribution in [0.1, 0.15) is 29.3 Å². The van der Waals surface area contributed by atoms with Crippen molar-refractivity contribution in [3.63, 3.8) is 0 Å². The van der Waals surface area contributed by atoms with Crippen LogP contribution in [0.15, 0.2) is 24.3 Å². The third kappa shape index (κ3) is 2.39. The van der Waals surface area contributed by atoms with Crippen LogP contribution in [0.5, 0.6) is 0 Å². The lowest BCUT2D eigenvalue weighted by atomic mass is 10.0. The summed E-state index contributed by atoms with van der Waals surface area (Å²) in [7, 11) is 1.63. The Morgan fingerprint density at radius 2 is 2.08 bits per heavy atom. The summed E-state index contributed by atoms with van der Waals surface area (Å²) in [4.78, 5) is 11.5. The first-order chi connectivity index (χ1) is 6.29. The Kier molecular flexibility index (Phi) is 3.65. The lowest BCUT2D eigenvalue weighted by Crippen LogP contribution is -2.02. The van der Waals surface area contributed by atoms with Gasteiger partial charge in [0.15, 0.2) is 5.78 Å². The van der Waals surface area contributed by atoms with Gasteiger partial charge in [0.2, 0.25) is 0 Å². The van der Waals surface area contributed by atoms with Gasteiger partial charge in [0.1, 0.15) is 0 Å². The van der Waals surface area contributed by atoms with E-state index >= 15 is 0 Å². The number of ketones is 1. The summed E-state index contributed by atoms with van der Waals surface area (Å²) in [6.07, 6.45) is 0.542. The maximum absolute atomic E-state index is 11.5. The Bertz CT molecular complexity index is 292. The van der Waals surface area contributed by atoms with Crippen LogP contribution in [0.4, 0.5) is 0 Å². The minimum atomic E-state index is 0.174. The van der Waals surface area contributed by atoms with Gasteiger partial charge in [0, 0.05) is 19.1 Å². The van der Waals surface area contributed by atoms with E-state index in [0.717, 1.165) is 11.1 Å². The van der Waals surface area contributed by atoms with Gasteiger partial charge in [-0.15, -0.1) is 0 Å². The first-order valence-corrected chi connectivity index (χ1v) is 4.39. The second-order valence-electron chi connectivity index (χ2n) is 2.87. The largest absolute Gasteiger partial charge is 0.380 e. The molecule has 2 nitrogen and oxygen atoms in total. The van der Waals surface area contributed by atoms with Crippen LogP contribution in [0, 0.1) is 0 Å². The molecule has 0 atom stereocenters. The number of methoxy groups -OCH3 is 1. The standard InChI is InChI=1S/C11H14O2/c1-3-11(12)10-7-5-4-6-9(10)8-13-2/h4-7H,3,8H2,1-2H3. The summed E-state index contributed by atoms with van der Waals surface area (Å²) < 4.78 is 5.01. The van der Waals surface area contributed by atoms with Crippen molar-refractivity contribution in [1.29, 1.82) is 0 Å². The number of rotatable bonds is 4. The SMILES string of the molecule is CCC(=O)c1ccccc1COC. The third-order valence-corrected chi connectivity index (χ3v) is 1.94. The molecule has 1 aromatic rings. The van der Waals surface area contributed by atoms with Crippen molar-refractivity contribution in [3.8, 4) is 0 Å². The molecule has 0 unspecified atom stereocenters. The van der Waals surface area contributed by atoms with Crippen molar-refractivity contribution in [2.24, 2.45) is 0 Å². The molecule has 0 aliphatic rings. The summed E-state index contributed by atoms with van der Waals surface area (Å²) in [6.45, 7) is 2.37. The molecule has 0 N–H and O–H groups in total. The van der Waals surface area contributed by atoms with E-state index < -0.39 is 0 Å². The first-order valence-electron chi connectivity index (χ1n) is 4.39. The van der Waals surface area contributed by atoms with Crippen LogP contribution >= 0.6 is 0 Å². The van der Waals surface area contributed by atoms with Crippen molar-refractivity contribution >= 4 is 5.78 Å². The van der Waals surface area contributed by atoms with E-state index in [1.165, 1.54) is 0 Å². The Morgan fingerprint density at radius 1 is 1.38 bits per heavy atom. The molecular formula is C11H14O2. The average Bonchev–Trinajstić information content (AvgIpc) is 2.18. The summed E-state index contributed by atoms with van der Waals surface area (Å²) >= 11 is 0. The highest BCUT2D eigenvalue weighted by Crippen LogP contribution is 2.11. The molecule has 0 heterocycles. The van der Waals surface area contributed by atoms with Gasteiger partial charge < -0.3 is 4.74 Å². The molecule has 13 heavy (non-hydrogen) atoms. The monoisotopic (exact) mass is 178 g/mol. The molecule has 0 spiro atoms. The second-order valence-corrected chi connectivity index (χ2v) is 2.87. The fourth-order valence-corrected chi connectivity index (χ4v) is 1.26. The molecule has 0 amide bonds. The topological polar surface area (TPSA) is 26.3 Å². The number of carbonyl (C=O) groups is 1. The molecule has 0 saturated carbocycles. The lowest BCUT2D eigenvalue weighted by Gasteiger charge is -2.05. The number of Topliss-reactive ketones (excluding diaryl/α,β-unsaturated/α-hetero) is 1. The Morgan fingerprint density at radius 3 is 2.69 bits per heavy atom. The third-order valence-electron chi connectivity index (χ3n) is 1.94.